The lowest BCUT2D eigenvalue weighted by Crippen LogP contribution is -2.09. The van der Waals surface area contributed by atoms with Gasteiger partial charge in [-0.25, -0.2) is 4.98 Å². The van der Waals surface area contributed by atoms with E-state index >= 15 is 0 Å². The SMILES string of the molecule is c1csc(-c2noc(Cn3c(C4CCCO4)nc4ccccc43)n2)c1. The quantitative estimate of drug-likeness (QED) is 0.554. The maximum atomic E-state index is 5.86. The molecule has 0 aliphatic carbocycles. The number of ether oxygens (including phenoxy) is 1. The normalized spacial score (nSPS) is 17.5. The second kappa shape index (κ2) is 6.09. The van der Waals surface area contributed by atoms with E-state index in [0.29, 0.717) is 18.3 Å². The largest absolute Gasteiger partial charge is 0.370 e. The Hall–Kier alpha value is -2.51. The van der Waals surface area contributed by atoms with Crippen molar-refractivity contribution in [2.45, 2.75) is 25.5 Å². The molecule has 1 aliphatic heterocycles. The van der Waals surface area contributed by atoms with E-state index in [-0.39, 0.29) is 6.10 Å². The van der Waals surface area contributed by atoms with Crippen LogP contribution in [0.4, 0.5) is 0 Å². The fourth-order valence-electron chi connectivity index (χ4n) is 3.25. The summed E-state index contributed by atoms with van der Waals surface area (Å²) in [6.07, 6.45) is 2.09. The Kier molecular flexibility index (Phi) is 3.61. The van der Waals surface area contributed by atoms with Crippen LogP contribution in [0.3, 0.4) is 0 Å². The molecule has 4 heterocycles. The molecule has 0 radical (unpaired) electrons. The minimum absolute atomic E-state index is 0.0343. The lowest BCUT2D eigenvalue weighted by atomic mass is 10.2. The Labute approximate surface area is 148 Å². The minimum Gasteiger partial charge on any atom is -0.370 e. The van der Waals surface area contributed by atoms with Crippen LogP contribution in [-0.2, 0) is 11.3 Å². The molecule has 3 aromatic heterocycles. The lowest BCUT2D eigenvalue weighted by Gasteiger charge is -2.11. The molecular formula is C18H16N4O2S. The number of benzene rings is 1. The molecule has 6 nitrogen and oxygen atoms in total. The number of hydrogen-bond donors (Lipinski definition) is 0. The predicted octanol–water partition coefficient (Wildman–Crippen LogP) is 4.05. The molecular weight excluding hydrogens is 336 g/mol. The maximum Gasteiger partial charge on any atom is 0.246 e. The van der Waals surface area contributed by atoms with Crippen molar-refractivity contribution in [3.8, 4) is 10.7 Å². The van der Waals surface area contributed by atoms with Gasteiger partial charge in [-0.05, 0) is 36.4 Å². The summed E-state index contributed by atoms with van der Waals surface area (Å²) in [5, 5.41) is 6.11. The van der Waals surface area contributed by atoms with Crippen molar-refractivity contribution in [3.63, 3.8) is 0 Å². The topological polar surface area (TPSA) is 66.0 Å². The zero-order valence-corrected chi connectivity index (χ0v) is 14.3. The molecule has 0 spiro atoms. The van der Waals surface area contributed by atoms with Gasteiger partial charge < -0.3 is 13.8 Å². The Balaban J connectivity index is 1.54. The second-order valence-electron chi connectivity index (χ2n) is 6.04. The van der Waals surface area contributed by atoms with E-state index in [1.165, 1.54) is 0 Å². The lowest BCUT2D eigenvalue weighted by molar-refractivity contribution is 0.102. The molecule has 25 heavy (non-hydrogen) atoms. The number of aromatic nitrogens is 4. The third kappa shape index (κ3) is 2.65. The maximum absolute atomic E-state index is 5.86. The van der Waals surface area contributed by atoms with Crippen LogP contribution in [0.15, 0.2) is 46.3 Å². The van der Waals surface area contributed by atoms with Crippen LogP contribution in [0.5, 0.6) is 0 Å². The van der Waals surface area contributed by atoms with Crippen molar-refractivity contribution in [2.24, 2.45) is 0 Å². The first-order valence-electron chi connectivity index (χ1n) is 8.32. The summed E-state index contributed by atoms with van der Waals surface area (Å²) >= 11 is 1.60. The first kappa shape index (κ1) is 14.8. The van der Waals surface area contributed by atoms with E-state index in [2.05, 4.69) is 20.8 Å². The van der Waals surface area contributed by atoms with Crippen molar-refractivity contribution >= 4 is 22.4 Å². The van der Waals surface area contributed by atoms with Gasteiger partial charge in [-0.15, -0.1) is 11.3 Å². The minimum atomic E-state index is 0.0343. The van der Waals surface area contributed by atoms with Gasteiger partial charge in [0.05, 0.1) is 15.9 Å². The molecule has 5 rings (SSSR count). The van der Waals surface area contributed by atoms with Crippen molar-refractivity contribution in [2.75, 3.05) is 6.61 Å². The number of imidazole rings is 1. The summed E-state index contributed by atoms with van der Waals surface area (Å²) in [7, 11) is 0. The van der Waals surface area contributed by atoms with Gasteiger partial charge >= 0.3 is 0 Å². The van der Waals surface area contributed by atoms with Gasteiger partial charge in [0.1, 0.15) is 18.5 Å². The van der Waals surface area contributed by atoms with Gasteiger partial charge in [0.15, 0.2) is 0 Å². The van der Waals surface area contributed by atoms with Crippen LogP contribution >= 0.6 is 11.3 Å². The highest BCUT2D eigenvalue weighted by atomic mass is 32.1. The summed E-state index contributed by atoms with van der Waals surface area (Å²) in [4.78, 5) is 10.3. The number of rotatable bonds is 4. The summed E-state index contributed by atoms with van der Waals surface area (Å²) in [5.41, 5.74) is 2.02. The summed E-state index contributed by atoms with van der Waals surface area (Å²) < 4.78 is 13.5. The standard InChI is InChI=1S/C18H16N4O2S/c1-2-6-13-12(5-1)19-18(14-7-3-9-23-14)22(13)11-16-20-17(21-24-16)15-8-4-10-25-15/h1-2,4-6,8,10,14H,3,7,9,11H2. The van der Waals surface area contributed by atoms with Gasteiger partial charge in [0, 0.05) is 6.61 Å². The number of fused-ring (bicyclic) bond motifs is 1. The van der Waals surface area contributed by atoms with Gasteiger partial charge in [-0.1, -0.05) is 23.4 Å². The molecule has 126 valence electrons. The molecule has 0 N–H and O–H groups in total. The van der Waals surface area contributed by atoms with Crippen LogP contribution in [0, 0.1) is 0 Å². The highest BCUT2D eigenvalue weighted by molar-refractivity contribution is 7.13. The highest BCUT2D eigenvalue weighted by Gasteiger charge is 2.25. The van der Waals surface area contributed by atoms with Crippen molar-refractivity contribution < 1.29 is 9.26 Å². The second-order valence-corrected chi connectivity index (χ2v) is 6.98. The van der Waals surface area contributed by atoms with Crippen LogP contribution in [0.1, 0.15) is 30.7 Å². The average molecular weight is 352 g/mol. The van der Waals surface area contributed by atoms with E-state index < -0.39 is 0 Å². The van der Waals surface area contributed by atoms with E-state index in [1.807, 2.05) is 35.7 Å². The van der Waals surface area contributed by atoms with Crippen molar-refractivity contribution in [1.82, 2.24) is 19.7 Å². The van der Waals surface area contributed by atoms with Crippen LogP contribution in [0.25, 0.3) is 21.7 Å². The molecule has 1 aliphatic rings. The van der Waals surface area contributed by atoms with Crippen LogP contribution < -0.4 is 0 Å². The Morgan fingerprint density at radius 3 is 2.96 bits per heavy atom. The zero-order chi connectivity index (χ0) is 16.6. The van der Waals surface area contributed by atoms with E-state index in [0.717, 1.165) is 41.2 Å². The van der Waals surface area contributed by atoms with Crippen molar-refractivity contribution in [1.29, 1.82) is 0 Å². The average Bonchev–Trinajstić information content (AvgIpc) is 3.42. The molecule has 0 amide bonds. The Morgan fingerprint density at radius 1 is 1.16 bits per heavy atom. The fourth-order valence-corrected chi connectivity index (χ4v) is 3.90. The summed E-state index contributed by atoms with van der Waals surface area (Å²) in [6.45, 7) is 1.28. The Morgan fingerprint density at radius 2 is 2.12 bits per heavy atom. The highest BCUT2D eigenvalue weighted by Crippen LogP contribution is 2.31. The van der Waals surface area contributed by atoms with Crippen LogP contribution in [0.2, 0.25) is 0 Å². The zero-order valence-electron chi connectivity index (χ0n) is 13.5. The predicted molar refractivity (Wildman–Crippen MR) is 94.4 cm³/mol. The fraction of sp³-hybridized carbons (Fsp3) is 0.278. The molecule has 1 aromatic carbocycles. The summed E-state index contributed by atoms with van der Waals surface area (Å²) in [5.74, 6) is 2.15. The smallest absolute Gasteiger partial charge is 0.246 e. The Bertz CT molecular complexity index is 999. The van der Waals surface area contributed by atoms with Gasteiger partial charge in [-0.2, -0.15) is 4.98 Å². The van der Waals surface area contributed by atoms with E-state index in [9.17, 15) is 0 Å². The van der Waals surface area contributed by atoms with Gasteiger partial charge in [0.25, 0.3) is 0 Å². The molecule has 1 saturated heterocycles. The first-order chi connectivity index (χ1) is 12.4. The molecule has 7 heteroatoms. The first-order valence-corrected chi connectivity index (χ1v) is 9.20. The molecule has 1 fully saturated rings. The molecule has 4 aromatic rings. The van der Waals surface area contributed by atoms with E-state index in [1.54, 1.807) is 11.3 Å². The van der Waals surface area contributed by atoms with Crippen LogP contribution in [-0.4, -0.2) is 26.3 Å². The molecule has 0 saturated carbocycles. The number of nitrogens with zero attached hydrogens (tertiary/aromatic N) is 4. The third-order valence-electron chi connectivity index (χ3n) is 4.40. The summed E-state index contributed by atoms with van der Waals surface area (Å²) in [6, 6.07) is 12.1. The van der Waals surface area contributed by atoms with Crippen molar-refractivity contribution in [3.05, 3.63) is 53.5 Å². The molecule has 1 unspecified atom stereocenters. The number of para-hydroxylation sites is 2. The third-order valence-corrected chi connectivity index (χ3v) is 5.27. The van der Waals surface area contributed by atoms with E-state index in [4.69, 9.17) is 14.2 Å². The molecule has 0 bridgehead atoms. The molecule has 1 atom stereocenters. The number of hydrogen-bond acceptors (Lipinski definition) is 6. The number of thiophene rings is 1. The van der Waals surface area contributed by atoms with Gasteiger partial charge in [-0.3, -0.25) is 0 Å². The van der Waals surface area contributed by atoms with Gasteiger partial charge in [0.2, 0.25) is 11.7 Å². The monoisotopic (exact) mass is 352 g/mol.